The van der Waals surface area contributed by atoms with Crippen LogP contribution in [0.25, 0.3) is 0 Å². The predicted molar refractivity (Wildman–Crippen MR) is 74.3 cm³/mol. The average molecular weight is 246 g/mol. The number of ketones is 1. The zero-order chi connectivity index (χ0) is 13.2. The molecule has 0 saturated carbocycles. The number of rotatable bonds is 9. The molecule has 0 bridgehead atoms. The van der Waals surface area contributed by atoms with E-state index >= 15 is 0 Å². The highest BCUT2D eigenvalue weighted by atomic mass is 16.5. The fraction of sp³-hybridized carbons (Fsp3) is 0.438. The predicted octanol–water partition coefficient (Wildman–Crippen LogP) is 3.76. The Morgan fingerprint density at radius 1 is 1.33 bits per heavy atom. The van der Waals surface area contributed by atoms with E-state index in [1.165, 1.54) is 5.56 Å². The molecule has 1 atom stereocenters. The van der Waals surface area contributed by atoms with Crippen molar-refractivity contribution >= 4 is 5.78 Å². The molecule has 0 fully saturated rings. The molecule has 2 heteroatoms. The maximum absolute atomic E-state index is 11.4. The first kappa shape index (κ1) is 14.7. The average Bonchev–Trinajstić information content (AvgIpc) is 2.38. The summed E-state index contributed by atoms with van der Waals surface area (Å²) in [7, 11) is 0. The first-order valence-corrected chi connectivity index (χ1v) is 6.47. The number of carbonyl (C=O) groups is 1. The van der Waals surface area contributed by atoms with Crippen LogP contribution in [0.5, 0.6) is 0 Å². The van der Waals surface area contributed by atoms with E-state index in [9.17, 15) is 4.79 Å². The number of ether oxygens (including phenoxy) is 1. The van der Waals surface area contributed by atoms with Gasteiger partial charge in [-0.05, 0) is 31.7 Å². The lowest BCUT2D eigenvalue weighted by molar-refractivity contribution is -0.121. The van der Waals surface area contributed by atoms with Crippen LogP contribution in [-0.2, 0) is 16.1 Å². The lowest BCUT2D eigenvalue weighted by Crippen LogP contribution is -2.13. The van der Waals surface area contributed by atoms with Crippen molar-refractivity contribution in [3.63, 3.8) is 0 Å². The second-order valence-electron chi connectivity index (χ2n) is 4.50. The van der Waals surface area contributed by atoms with Gasteiger partial charge in [0.25, 0.3) is 0 Å². The van der Waals surface area contributed by atoms with Crippen molar-refractivity contribution in [1.29, 1.82) is 0 Å². The number of hydrogen-bond acceptors (Lipinski definition) is 2. The lowest BCUT2D eigenvalue weighted by Gasteiger charge is -2.12. The van der Waals surface area contributed by atoms with E-state index < -0.39 is 0 Å². The quantitative estimate of drug-likeness (QED) is 0.490. The molecule has 0 amide bonds. The molecule has 0 aliphatic rings. The van der Waals surface area contributed by atoms with Crippen LogP contribution in [0.2, 0.25) is 0 Å². The third-order valence-corrected chi connectivity index (χ3v) is 3.02. The SMILES string of the molecule is C=CCCC(CCOCc1ccccc1)C(C)=O. The van der Waals surface area contributed by atoms with E-state index in [-0.39, 0.29) is 11.7 Å². The van der Waals surface area contributed by atoms with Crippen LogP contribution >= 0.6 is 0 Å². The molecule has 0 N–H and O–H groups in total. The van der Waals surface area contributed by atoms with Gasteiger partial charge in [-0.25, -0.2) is 0 Å². The lowest BCUT2D eigenvalue weighted by atomic mass is 9.96. The van der Waals surface area contributed by atoms with Crippen LogP contribution in [0.4, 0.5) is 0 Å². The summed E-state index contributed by atoms with van der Waals surface area (Å²) in [6.45, 7) is 6.60. The van der Waals surface area contributed by atoms with Crippen molar-refractivity contribution in [2.75, 3.05) is 6.61 Å². The van der Waals surface area contributed by atoms with Gasteiger partial charge >= 0.3 is 0 Å². The van der Waals surface area contributed by atoms with Crippen LogP contribution < -0.4 is 0 Å². The third kappa shape index (κ3) is 5.78. The van der Waals surface area contributed by atoms with Gasteiger partial charge in [0.05, 0.1) is 6.61 Å². The number of benzene rings is 1. The number of carbonyl (C=O) groups excluding carboxylic acids is 1. The summed E-state index contributed by atoms with van der Waals surface area (Å²) in [4.78, 5) is 11.4. The standard InChI is InChI=1S/C16H22O2/c1-3-4-10-16(14(2)17)11-12-18-13-15-8-6-5-7-9-15/h3,5-9,16H,1,4,10-13H2,2H3. The zero-order valence-corrected chi connectivity index (χ0v) is 11.1. The van der Waals surface area contributed by atoms with Crippen molar-refractivity contribution in [2.45, 2.75) is 32.8 Å². The second-order valence-corrected chi connectivity index (χ2v) is 4.50. The van der Waals surface area contributed by atoms with Crippen molar-refractivity contribution in [1.82, 2.24) is 0 Å². The largest absolute Gasteiger partial charge is 0.377 e. The van der Waals surface area contributed by atoms with E-state index in [1.54, 1.807) is 6.92 Å². The minimum Gasteiger partial charge on any atom is -0.377 e. The second kappa shape index (κ2) is 8.65. The van der Waals surface area contributed by atoms with E-state index in [2.05, 4.69) is 6.58 Å². The zero-order valence-electron chi connectivity index (χ0n) is 11.1. The van der Waals surface area contributed by atoms with Gasteiger partial charge in [-0.1, -0.05) is 36.4 Å². The highest BCUT2D eigenvalue weighted by molar-refractivity contribution is 5.78. The van der Waals surface area contributed by atoms with Crippen LogP contribution in [0.3, 0.4) is 0 Å². The summed E-state index contributed by atoms with van der Waals surface area (Å²) in [6, 6.07) is 10.1. The van der Waals surface area contributed by atoms with Gasteiger partial charge in [0.2, 0.25) is 0 Å². The van der Waals surface area contributed by atoms with Gasteiger partial charge in [-0.15, -0.1) is 6.58 Å². The summed E-state index contributed by atoms with van der Waals surface area (Å²) in [5.74, 6) is 0.360. The van der Waals surface area contributed by atoms with Crippen molar-refractivity contribution in [2.24, 2.45) is 5.92 Å². The monoisotopic (exact) mass is 246 g/mol. The van der Waals surface area contributed by atoms with Crippen LogP contribution in [-0.4, -0.2) is 12.4 Å². The minimum absolute atomic E-state index is 0.110. The van der Waals surface area contributed by atoms with Gasteiger partial charge in [0.1, 0.15) is 5.78 Å². The molecule has 0 radical (unpaired) electrons. The molecule has 98 valence electrons. The van der Waals surface area contributed by atoms with E-state index in [0.717, 1.165) is 19.3 Å². The maximum Gasteiger partial charge on any atom is 0.133 e. The minimum atomic E-state index is 0.110. The van der Waals surface area contributed by atoms with Crippen molar-refractivity contribution in [3.05, 3.63) is 48.6 Å². The smallest absolute Gasteiger partial charge is 0.133 e. The van der Waals surface area contributed by atoms with Crippen LogP contribution in [0.15, 0.2) is 43.0 Å². The molecule has 1 aromatic carbocycles. The highest BCUT2D eigenvalue weighted by Gasteiger charge is 2.12. The summed E-state index contributed by atoms with van der Waals surface area (Å²) in [6.07, 6.45) is 4.44. The summed E-state index contributed by atoms with van der Waals surface area (Å²) in [5.41, 5.74) is 1.17. The molecule has 1 unspecified atom stereocenters. The van der Waals surface area contributed by atoms with Gasteiger partial charge in [-0.3, -0.25) is 4.79 Å². The number of allylic oxidation sites excluding steroid dienone is 1. The molecule has 1 rings (SSSR count). The van der Waals surface area contributed by atoms with E-state index in [4.69, 9.17) is 4.74 Å². The molecule has 0 aromatic heterocycles. The summed E-state index contributed by atoms with van der Waals surface area (Å²) >= 11 is 0. The van der Waals surface area contributed by atoms with Crippen molar-refractivity contribution in [3.8, 4) is 0 Å². The third-order valence-electron chi connectivity index (χ3n) is 3.02. The molecule has 1 aromatic rings. The first-order chi connectivity index (χ1) is 8.74. The van der Waals surface area contributed by atoms with Crippen molar-refractivity contribution < 1.29 is 9.53 Å². The fourth-order valence-electron chi connectivity index (χ4n) is 1.86. The number of hydrogen-bond donors (Lipinski definition) is 0. The van der Waals surface area contributed by atoms with Gasteiger partial charge < -0.3 is 4.74 Å². The van der Waals surface area contributed by atoms with Gasteiger partial charge in [-0.2, -0.15) is 0 Å². The molecule has 0 saturated heterocycles. The molecule has 0 heterocycles. The molecule has 0 aliphatic carbocycles. The molecule has 0 aliphatic heterocycles. The van der Waals surface area contributed by atoms with Crippen LogP contribution in [0, 0.1) is 5.92 Å². The Morgan fingerprint density at radius 2 is 2.06 bits per heavy atom. The first-order valence-electron chi connectivity index (χ1n) is 6.47. The Labute approximate surface area is 110 Å². The van der Waals surface area contributed by atoms with E-state index in [0.29, 0.717) is 13.2 Å². The Morgan fingerprint density at radius 3 is 2.67 bits per heavy atom. The Balaban J connectivity index is 2.22. The number of Topliss-reactive ketones (excluding diaryl/α,β-unsaturated/α-hetero) is 1. The highest BCUT2D eigenvalue weighted by Crippen LogP contribution is 2.13. The van der Waals surface area contributed by atoms with Gasteiger partial charge in [0.15, 0.2) is 0 Å². The maximum atomic E-state index is 11.4. The summed E-state index contributed by atoms with van der Waals surface area (Å²) < 4.78 is 5.60. The molecular formula is C16H22O2. The Hall–Kier alpha value is -1.41. The molecule has 2 nitrogen and oxygen atoms in total. The molecule has 18 heavy (non-hydrogen) atoms. The van der Waals surface area contributed by atoms with Gasteiger partial charge in [0, 0.05) is 12.5 Å². The summed E-state index contributed by atoms with van der Waals surface area (Å²) in [5, 5.41) is 0. The normalized spacial score (nSPS) is 12.1. The van der Waals surface area contributed by atoms with E-state index in [1.807, 2.05) is 36.4 Å². The fourth-order valence-corrected chi connectivity index (χ4v) is 1.86. The van der Waals surface area contributed by atoms with Crippen LogP contribution in [0.1, 0.15) is 31.7 Å². The molecular weight excluding hydrogens is 224 g/mol. The topological polar surface area (TPSA) is 26.3 Å². The Kier molecular flexibility index (Phi) is 7.04. The molecule has 0 spiro atoms. The Bertz CT molecular complexity index is 357.